The van der Waals surface area contributed by atoms with Gasteiger partial charge in [-0.3, -0.25) is 9.59 Å². The summed E-state index contributed by atoms with van der Waals surface area (Å²) >= 11 is 0. The topological polar surface area (TPSA) is 125 Å². The highest BCUT2D eigenvalue weighted by molar-refractivity contribution is 7.89. The number of carbonyl (C=O) groups excluding carboxylic acids is 2. The number of amides is 2. The van der Waals surface area contributed by atoms with Crippen molar-refractivity contribution >= 4 is 33.2 Å². The summed E-state index contributed by atoms with van der Waals surface area (Å²) in [5, 5.41) is 14.9. The number of hydrogen-bond donors (Lipinski definition) is 3. The number of anilines is 2. The van der Waals surface area contributed by atoms with E-state index in [0.29, 0.717) is 18.8 Å². The average Bonchev–Trinajstić information content (AvgIpc) is 2.80. The molecule has 0 aliphatic carbocycles. The Morgan fingerprint density at radius 2 is 1.66 bits per heavy atom. The fourth-order valence-corrected chi connectivity index (χ4v) is 5.14. The molecule has 2 aromatic carbocycles. The van der Waals surface area contributed by atoms with Crippen molar-refractivity contribution in [1.82, 2.24) is 4.31 Å². The Morgan fingerprint density at radius 3 is 2.31 bits per heavy atom. The molecule has 1 fully saturated rings. The van der Waals surface area contributed by atoms with Crippen LogP contribution in [0.2, 0.25) is 0 Å². The molecule has 1 saturated heterocycles. The summed E-state index contributed by atoms with van der Waals surface area (Å²) in [6, 6.07) is 10.7. The van der Waals surface area contributed by atoms with E-state index in [2.05, 4.69) is 10.6 Å². The number of para-hydroxylation sites is 2. The van der Waals surface area contributed by atoms with E-state index in [1.165, 1.54) is 29.6 Å². The molecule has 2 amide bonds. The Labute approximate surface area is 187 Å². The fraction of sp³-hybridized carbons (Fsp3) is 0.364. The Hall–Kier alpha value is -3.11. The molecule has 0 unspecified atom stereocenters. The second-order valence-corrected chi connectivity index (χ2v) is 9.35. The Kier molecular flexibility index (Phi) is 7.70. The van der Waals surface area contributed by atoms with Gasteiger partial charge in [-0.1, -0.05) is 18.6 Å². The molecule has 0 aromatic heterocycles. The van der Waals surface area contributed by atoms with E-state index in [9.17, 15) is 23.1 Å². The smallest absolute Gasteiger partial charge is 0.246 e. The van der Waals surface area contributed by atoms with Crippen molar-refractivity contribution in [2.45, 2.75) is 37.0 Å². The molecule has 3 rings (SSSR count). The zero-order valence-electron chi connectivity index (χ0n) is 17.8. The van der Waals surface area contributed by atoms with Gasteiger partial charge in [0, 0.05) is 31.6 Å². The van der Waals surface area contributed by atoms with Gasteiger partial charge in [0.1, 0.15) is 16.4 Å². The zero-order chi connectivity index (χ0) is 23.1. The van der Waals surface area contributed by atoms with E-state index < -0.39 is 21.8 Å². The Bertz CT molecular complexity index is 1080. The van der Waals surface area contributed by atoms with Crippen LogP contribution in [-0.2, 0) is 19.6 Å². The highest BCUT2D eigenvalue weighted by Gasteiger charge is 2.29. The van der Waals surface area contributed by atoms with E-state index in [4.69, 9.17) is 4.74 Å². The lowest BCUT2D eigenvalue weighted by Crippen LogP contribution is -2.35. The molecule has 1 aliphatic heterocycles. The lowest BCUT2D eigenvalue weighted by molar-refractivity contribution is -0.121. The molecule has 0 bridgehead atoms. The minimum Gasteiger partial charge on any atom is -0.506 e. The van der Waals surface area contributed by atoms with Crippen LogP contribution < -0.4 is 15.4 Å². The molecule has 0 atom stereocenters. The van der Waals surface area contributed by atoms with Crippen molar-refractivity contribution in [3.05, 3.63) is 42.5 Å². The van der Waals surface area contributed by atoms with Crippen molar-refractivity contribution < 1.29 is 27.9 Å². The van der Waals surface area contributed by atoms with Crippen molar-refractivity contribution in [2.24, 2.45) is 0 Å². The van der Waals surface area contributed by atoms with E-state index >= 15 is 0 Å². The lowest BCUT2D eigenvalue weighted by atomic mass is 10.2. The number of nitrogens with zero attached hydrogens (tertiary/aromatic N) is 1. The van der Waals surface area contributed by atoms with Gasteiger partial charge in [0.15, 0.2) is 0 Å². The van der Waals surface area contributed by atoms with Gasteiger partial charge in [-0.05, 0) is 43.2 Å². The fourth-order valence-electron chi connectivity index (χ4n) is 3.44. The largest absolute Gasteiger partial charge is 0.506 e. The van der Waals surface area contributed by atoms with Crippen LogP contribution in [0.25, 0.3) is 0 Å². The number of piperidine rings is 1. The zero-order valence-corrected chi connectivity index (χ0v) is 18.7. The monoisotopic (exact) mass is 461 g/mol. The molecule has 0 radical (unpaired) electrons. The number of aromatic hydroxyl groups is 1. The van der Waals surface area contributed by atoms with Crippen LogP contribution >= 0.6 is 0 Å². The SMILES string of the molecule is COc1ccc(NC(=O)CCC(=O)Nc2ccccc2O)cc1S(=O)(=O)N1CCCCC1. The second kappa shape index (κ2) is 10.5. The number of methoxy groups -OCH3 is 1. The summed E-state index contributed by atoms with van der Waals surface area (Å²) in [5.74, 6) is -0.727. The minimum atomic E-state index is -3.76. The van der Waals surface area contributed by atoms with E-state index in [1.807, 2.05) is 0 Å². The summed E-state index contributed by atoms with van der Waals surface area (Å²) in [6.07, 6.45) is 2.40. The molecule has 0 spiro atoms. The quantitative estimate of drug-likeness (QED) is 0.519. The Balaban J connectivity index is 1.64. The van der Waals surface area contributed by atoms with E-state index in [1.54, 1.807) is 24.3 Å². The minimum absolute atomic E-state index is 0.00278. The summed E-state index contributed by atoms with van der Waals surface area (Å²) in [4.78, 5) is 24.4. The maximum absolute atomic E-state index is 13.1. The van der Waals surface area contributed by atoms with Crippen molar-refractivity contribution in [1.29, 1.82) is 0 Å². The number of phenols is 1. The van der Waals surface area contributed by atoms with Gasteiger partial charge >= 0.3 is 0 Å². The van der Waals surface area contributed by atoms with Crippen LogP contribution in [0.4, 0.5) is 11.4 Å². The van der Waals surface area contributed by atoms with Crippen molar-refractivity contribution in [3.8, 4) is 11.5 Å². The molecule has 32 heavy (non-hydrogen) atoms. The van der Waals surface area contributed by atoms with Crippen LogP contribution in [0.5, 0.6) is 11.5 Å². The highest BCUT2D eigenvalue weighted by Crippen LogP contribution is 2.31. The molecule has 3 N–H and O–H groups in total. The first kappa shape index (κ1) is 23.6. The lowest BCUT2D eigenvalue weighted by Gasteiger charge is -2.26. The number of nitrogens with one attached hydrogen (secondary N) is 2. The summed E-state index contributed by atoms with van der Waals surface area (Å²) in [6.45, 7) is 0.905. The second-order valence-electron chi connectivity index (χ2n) is 7.44. The number of ether oxygens (including phenoxy) is 1. The van der Waals surface area contributed by atoms with Gasteiger partial charge in [0.05, 0.1) is 12.8 Å². The predicted octanol–water partition coefficient (Wildman–Crippen LogP) is 2.93. The third kappa shape index (κ3) is 5.77. The van der Waals surface area contributed by atoms with Gasteiger partial charge in [0.2, 0.25) is 21.8 Å². The van der Waals surface area contributed by atoms with Gasteiger partial charge in [-0.15, -0.1) is 0 Å². The first-order valence-electron chi connectivity index (χ1n) is 10.4. The molecule has 172 valence electrons. The molecule has 1 aliphatic rings. The molecule has 10 heteroatoms. The number of carbonyl (C=O) groups is 2. The van der Waals surface area contributed by atoms with Crippen molar-refractivity contribution in [3.63, 3.8) is 0 Å². The van der Waals surface area contributed by atoms with Gasteiger partial charge in [0.25, 0.3) is 0 Å². The first-order valence-corrected chi connectivity index (χ1v) is 11.8. The van der Waals surface area contributed by atoms with Gasteiger partial charge < -0.3 is 20.5 Å². The van der Waals surface area contributed by atoms with Gasteiger partial charge in [-0.25, -0.2) is 8.42 Å². The number of sulfonamides is 1. The predicted molar refractivity (Wildman–Crippen MR) is 120 cm³/mol. The summed E-state index contributed by atoms with van der Waals surface area (Å²) < 4.78 is 32.8. The molecule has 0 saturated carbocycles. The number of rotatable bonds is 8. The van der Waals surface area contributed by atoms with E-state index in [0.717, 1.165) is 19.3 Å². The molecule has 9 nitrogen and oxygen atoms in total. The molecular formula is C22H27N3O6S. The van der Waals surface area contributed by atoms with Crippen LogP contribution in [0.1, 0.15) is 32.1 Å². The normalized spacial score (nSPS) is 14.5. The molecule has 2 aromatic rings. The van der Waals surface area contributed by atoms with E-state index in [-0.39, 0.29) is 34.9 Å². The third-order valence-corrected chi connectivity index (χ3v) is 7.06. The summed E-state index contributed by atoms with van der Waals surface area (Å²) in [7, 11) is -2.36. The highest BCUT2D eigenvalue weighted by atomic mass is 32.2. The average molecular weight is 462 g/mol. The maximum atomic E-state index is 13.1. The molecular weight excluding hydrogens is 434 g/mol. The van der Waals surface area contributed by atoms with Crippen LogP contribution in [0.3, 0.4) is 0 Å². The third-order valence-electron chi connectivity index (χ3n) is 5.14. The number of phenolic OH excluding ortho intramolecular Hbond substituents is 1. The van der Waals surface area contributed by atoms with Crippen molar-refractivity contribution in [2.75, 3.05) is 30.8 Å². The van der Waals surface area contributed by atoms with Crippen LogP contribution in [0, 0.1) is 0 Å². The Morgan fingerprint density at radius 1 is 1.00 bits per heavy atom. The van der Waals surface area contributed by atoms with Gasteiger partial charge in [-0.2, -0.15) is 4.31 Å². The molecule has 1 heterocycles. The maximum Gasteiger partial charge on any atom is 0.246 e. The first-order chi connectivity index (χ1) is 15.3. The number of hydrogen-bond acceptors (Lipinski definition) is 6. The van der Waals surface area contributed by atoms with Crippen LogP contribution in [-0.4, -0.2) is 49.8 Å². The standard InChI is InChI=1S/C22H27N3O6S/c1-31-19-10-9-16(15-20(19)32(29,30)25-13-5-2-6-14-25)23-21(27)11-12-22(28)24-17-7-3-4-8-18(17)26/h3-4,7-10,15,26H,2,5-6,11-14H2,1H3,(H,23,27)(H,24,28). The number of benzene rings is 2. The summed E-state index contributed by atoms with van der Waals surface area (Å²) in [5.41, 5.74) is 0.563. The van der Waals surface area contributed by atoms with Crippen LogP contribution in [0.15, 0.2) is 47.4 Å².